The van der Waals surface area contributed by atoms with Crippen LogP contribution in [0.25, 0.3) is 21.9 Å². The lowest BCUT2D eigenvalue weighted by Crippen LogP contribution is -2.00. The van der Waals surface area contributed by atoms with Crippen LogP contribution >= 0.6 is 11.3 Å². The zero-order valence-corrected chi connectivity index (χ0v) is 11.7. The smallest absolute Gasteiger partial charge is 0.196 e. The summed E-state index contributed by atoms with van der Waals surface area (Å²) in [7, 11) is 0. The molecule has 21 heavy (non-hydrogen) atoms. The van der Waals surface area contributed by atoms with Gasteiger partial charge >= 0.3 is 0 Å². The van der Waals surface area contributed by atoms with E-state index in [0.717, 1.165) is 22.4 Å². The molecule has 0 N–H and O–H groups in total. The van der Waals surface area contributed by atoms with Crippen LogP contribution in [-0.4, -0.2) is 25.5 Å². The monoisotopic (exact) mass is 294 g/mol. The number of benzene rings is 1. The second kappa shape index (κ2) is 4.68. The molecule has 0 bridgehead atoms. The number of imidazole rings is 1. The Morgan fingerprint density at radius 1 is 1.14 bits per heavy atom. The van der Waals surface area contributed by atoms with E-state index in [1.165, 1.54) is 11.3 Å². The van der Waals surface area contributed by atoms with Crippen molar-refractivity contribution in [2.45, 2.75) is 0 Å². The average Bonchev–Trinajstić information content (AvgIpc) is 3.22. The number of aldehydes is 1. The Kier molecular flexibility index (Phi) is 2.68. The van der Waals surface area contributed by atoms with E-state index in [1.54, 1.807) is 15.3 Å². The topological polar surface area (TPSA) is 52.2 Å². The lowest BCUT2D eigenvalue weighted by Gasteiger charge is -1.97. The third-order valence-corrected chi connectivity index (χ3v) is 4.05. The summed E-state index contributed by atoms with van der Waals surface area (Å²) in [5.74, 6) is 0.555. The maximum Gasteiger partial charge on any atom is 0.196 e. The van der Waals surface area contributed by atoms with Crippen LogP contribution in [-0.2, 0) is 0 Å². The number of hydrogen-bond donors (Lipinski definition) is 0. The van der Waals surface area contributed by atoms with Crippen LogP contribution in [0.3, 0.4) is 0 Å². The van der Waals surface area contributed by atoms with Crippen LogP contribution in [0.2, 0.25) is 0 Å². The predicted octanol–water partition coefficient (Wildman–Crippen LogP) is 3.06. The zero-order chi connectivity index (χ0) is 14.2. The first-order valence-electron chi connectivity index (χ1n) is 6.38. The van der Waals surface area contributed by atoms with E-state index < -0.39 is 0 Å². The largest absolute Gasteiger partial charge is 0.296 e. The van der Waals surface area contributed by atoms with Crippen LogP contribution in [0.1, 0.15) is 10.5 Å². The number of fused-ring (bicyclic) bond motifs is 1. The average molecular weight is 294 g/mol. The van der Waals surface area contributed by atoms with Gasteiger partial charge in [0.15, 0.2) is 17.1 Å². The molecule has 0 fully saturated rings. The highest BCUT2D eigenvalue weighted by Crippen LogP contribution is 2.22. The molecule has 0 amide bonds. The molecule has 0 unspecified atom stereocenters. The molecule has 5 nitrogen and oxygen atoms in total. The molecule has 0 aliphatic heterocycles. The standard InChI is InChI=1S/C15H10N4OS/c20-10-13-14(17-15-18(13)6-7-21-15)19-9-12(8-16-19)11-4-2-1-3-5-11/h1-10H. The van der Waals surface area contributed by atoms with Crippen LogP contribution in [0.5, 0.6) is 0 Å². The summed E-state index contributed by atoms with van der Waals surface area (Å²) in [5, 5.41) is 6.23. The Balaban J connectivity index is 1.84. The van der Waals surface area contributed by atoms with Crippen molar-refractivity contribution in [1.82, 2.24) is 19.2 Å². The van der Waals surface area contributed by atoms with Crippen molar-refractivity contribution >= 4 is 22.6 Å². The molecule has 0 radical (unpaired) electrons. The molecule has 0 aliphatic carbocycles. The first-order valence-corrected chi connectivity index (χ1v) is 7.26. The first kappa shape index (κ1) is 12.0. The molecule has 3 aromatic heterocycles. The molecule has 3 heterocycles. The van der Waals surface area contributed by atoms with Gasteiger partial charge in [0.1, 0.15) is 5.69 Å². The second-order valence-corrected chi connectivity index (χ2v) is 5.41. The Hall–Kier alpha value is -2.73. The maximum absolute atomic E-state index is 11.4. The highest BCUT2D eigenvalue weighted by molar-refractivity contribution is 7.15. The molecule has 0 spiro atoms. The molecule has 0 saturated carbocycles. The van der Waals surface area contributed by atoms with Gasteiger partial charge in [0.2, 0.25) is 0 Å². The summed E-state index contributed by atoms with van der Waals surface area (Å²) >= 11 is 1.49. The van der Waals surface area contributed by atoms with Crippen molar-refractivity contribution in [3.63, 3.8) is 0 Å². The van der Waals surface area contributed by atoms with Crippen molar-refractivity contribution in [2.24, 2.45) is 0 Å². The first-order chi connectivity index (χ1) is 10.4. The van der Waals surface area contributed by atoms with Gasteiger partial charge in [-0.2, -0.15) is 10.1 Å². The van der Waals surface area contributed by atoms with Crippen LogP contribution in [0, 0.1) is 0 Å². The van der Waals surface area contributed by atoms with Gasteiger partial charge < -0.3 is 0 Å². The van der Waals surface area contributed by atoms with E-state index in [-0.39, 0.29) is 0 Å². The number of carbonyl (C=O) groups excluding carboxylic acids is 1. The molecule has 4 rings (SSSR count). The molecular formula is C15H10N4OS. The lowest BCUT2D eigenvalue weighted by molar-refractivity contribution is 0.111. The van der Waals surface area contributed by atoms with Gasteiger partial charge in [-0.05, 0) is 5.56 Å². The number of thiazole rings is 1. The molecule has 0 atom stereocenters. The van der Waals surface area contributed by atoms with Gasteiger partial charge in [0.25, 0.3) is 0 Å². The molecular weight excluding hydrogens is 284 g/mol. The fourth-order valence-corrected chi connectivity index (χ4v) is 3.00. The van der Waals surface area contributed by atoms with E-state index >= 15 is 0 Å². The van der Waals surface area contributed by atoms with Gasteiger partial charge in [0, 0.05) is 23.3 Å². The van der Waals surface area contributed by atoms with Gasteiger partial charge in [0.05, 0.1) is 6.20 Å². The minimum atomic E-state index is 0.508. The SMILES string of the molecule is O=Cc1c(-n2cc(-c3ccccc3)cn2)nc2sccn12. The number of aromatic nitrogens is 4. The molecule has 6 heteroatoms. The van der Waals surface area contributed by atoms with Gasteiger partial charge in [-0.1, -0.05) is 30.3 Å². The highest BCUT2D eigenvalue weighted by Gasteiger charge is 2.15. The fourth-order valence-electron chi connectivity index (χ4n) is 2.29. The number of carbonyl (C=O) groups is 1. The van der Waals surface area contributed by atoms with Crippen molar-refractivity contribution in [2.75, 3.05) is 0 Å². The molecule has 0 saturated heterocycles. The van der Waals surface area contributed by atoms with Gasteiger partial charge in [-0.3, -0.25) is 9.20 Å². The number of rotatable bonds is 3. The minimum absolute atomic E-state index is 0.508. The van der Waals surface area contributed by atoms with Crippen molar-refractivity contribution < 1.29 is 4.79 Å². The normalized spacial score (nSPS) is 11.0. The Morgan fingerprint density at radius 2 is 2.00 bits per heavy atom. The Morgan fingerprint density at radius 3 is 2.81 bits per heavy atom. The Bertz CT molecular complexity index is 920. The maximum atomic E-state index is 11.4. The van der Waals surface area contributed by atoms with Crippen LogP contribution < -0.4 is 0 Å². The fraction of sp³-hybridized carbons (Fsp3) is 0. The summed E-state index contributed by atoms with van der Waals surface area (Å²) in [5.41, 5.74) is 2.58. The van der Waals surface area contributed by atoms with E-state index in [0.29, 0.717) is 11.5 Å². The summed E-state index contributed by atoms with van der Waals surface area (Å²) in [6, 6.07) is 9.98. The zero-order valence-electron chi connectivity index (χ0n) is 10.9. The quantitative estimate of drug-likeness (QED) is 0.546. The van der Waals surface area contributed by atoms with Crippen molar-refractivity contribution in [3.05, 3.63) is 60.0 Å². The van der Waals surface area contributed by atoms with E-state index in [4.69, 9.17) is 0 Å². The number of nitrogens with zero attached hydrogens (tertiary/aromatic N) is 4. The summed E-state index contributed by atoms with van der Waals surface area (Å²) in [4.78, 5) is 16.6. The van der Waals surface area contributed by atoms with Crippen molar-refractivity contribution in [3.8, 4) is 16.9 Å². The van der Waals surface area contributed by atoms with Gasteiger partial charge in [-0.15, -0.1) is 11.3 Å². The third-order valence-electron chi connectivity index (χ3n) is 3.30. The lowest BCUT2D eigenvalue weighted by atomic mass is 10.1. The minimum Gasteiger partial charge on any atom is -0.296 e. The second-order valence-electron chi connectivity index (χ2n) is 4.53. The van der Waals surface area contributed by atoms with Gasteiger partial charge in [-0.25, -0.2) is 4.68 Å². The third kappa shape index (κ3) is 1.88. The molecule has 102 valence electrons. The highest BCUT2D eigenvalue weighted by atomic mass is 32.1. The molecule has 1 aromatic carbocycles. The van der Waals surface area contributed by atoms with E-state index in [1.807, 2.05) is 48.1 Å². The summed E-state index contributed by atoms with van der Waals surface area (Å²) in [6.45, 7) is 0. The Labute approximate surface area is 124 Å². The van der Waals surface area contributed by atoms with Crippen molar-refractivity contribution in [1.29, 1.82) is 0 Å². The predicted molar refractivity (Wildman–Crippen MR) is 81.0 cm³/mol. The molecule has 0 aliphatic rings. The summed E-state index contributed by atoms with van der Waals surface area (Å²) in [6.07, 6.45) is 6.31. The van der Waals surface area contributed by atoms with Crippen LogP contribution in [0.15, 0.2) is 54.3 Å². The van der Waals surface area contributed by atoms with E-state index in [9.17, 15) is 4.79 Å². The summed E-state index contributed by atoms with van der Waals surface area (Å²) < 4.78 is 3.42. The molecule has 4 aromatic rings. The van der Waals surface area contributed by atoms with Crippen LogP contribution in [0.4, 0.5) is 0 Å². The van der Waals surface area contributed by atoms with E-state index in [2.05, 4.69) is 10.1 Å². The number of hydrogen-bond acceptors (Lipinski definition) is 4.